The Bertz CT molecular complexity index is 3150. The van der Waals surface area contributed by atoms with Gasteiger partial charge in [0.25, 0.3) is 0 Å². The van der Waals surface area contributed by atoms with E-state index in [1.165, 1.54) is 20.2 Å². The van der Waals surface area contributed by atoms with E-state index in [1.807, 2.05) is 30.3 Å². The van der Waals surface area contributed by atoms with Crippen molar-refractivity contribution >= 4 is 75.3 Å². The predicted octanol–water partition coefficient (Wildman–Crippen LogP) is 12.2. The van der Waals surface area contributed by atoms with Gasteiger partial charge >= 0.3 is 0 Å². The number of hydrogen-bond donors (Lipinski definition) is 0. The fourth-order valence-electron chi connectivity index (χ4n) is 7.63. The number of furan rings is 1. The average molecular weight is 671 g/mol. The van der Waals surface area contributed by atoms with E-state index < -0.39 is 0 Å². The Hall–Kier alpha value is -6.63. The lowest BCUT2D eigenvalue weighted by molar-refractivity contribution is 0.669. The van der Waals surface area contributed by atoms with Gasteiger partial charge in [-0.2, -0.15) is 0 Å². The Kier molecular flexibility index (Phi) is 6.05. The van der Waals surface area contributed by atoms with Crippen LogP contribution < -0.4 is 0 Å². The van der Waals surface area contributed by atoms with Crippen LogP contribution in [-0.2, 0) is 0 Å². The van der Waals surface area contributed by atoms with Crippen molar-refractivity contribution in [3.8, 4) is 39.9 Å². The maximum Gasteiger partial charge on any atom is 0.164 e. The quantitative estimate of drug-likeness (QED) is 0.187. The molecule has 0 spiro atoms. The summed E-state index contributed by atoms with van der Waals surface area (Å²) in [7, 11) is 0. The third-order valence-corrected chi connectivity index (χ3v) is 11.0. The SMILES string of the molecule is c1ccc(-n2c3ccccc3c3c(-c4nc(-c5ccc6sc7ccccc7c6c5)nc(-c5cccc6oc7ccccc7c56)n4)cccc32)cc1. The van der Waals surface area contributed by atoms with E-state index in [2.05, 4.69) is 132 Å². The van der Waals surface area contributed by atoms with Crippen LogP contribution in [0.2, 0.25) is 0 Å². The molecule has 0 N–H and O–H groups in total. The first kappa shape index (κ1) is 28.2. The van der Waals surface area contributed by atoms with Crippen molar-refractivity contribution in [2.24, 2.45) is 0 Å². The first-order chi connectivity index (χ1) is 25.3. The Morgan fingerprint density at radius 1 is 0.431 bits per heavy atom. The normalized spacial score (nSPS) is 11.9. The molecule has 0 saturated carbocycles. The second-order valence-corrected chi connectivity index (χ2v) is 13.9. The van der Waals surface area contributed by atoms with Gasteiger partial charge in [0.05, 0.1) is 11.0 Å². The van der Waals surface area contributed by atoms with Crippen molar-refractivity contribution in [1.82, 2.24) is 19.5 Å². The predicted molar refractivity (Wildman–Crippen MR) is 211 cm³/mol. The highest BCUT2D eigenvalue weighted by Gasteiger charge is 2.21. The van der Waals surface area contributed by atoms with Gasteiger partial charge in [0.2, 0.25) is 0 Å². The third kappa shape index (κ3) is 4.30. The highest BCUT2D eigenvalue weighted by atomic mass is 32.1. The zero-order chi connectivity index (χ0) is 33.5. The molecule has 0 unspecified atom stereocenters. The van der Waals surface area contributed by atoms with Gasteiger partial charge in [-0.1, -0.05) is 97.1 Å². The minimum Gasteiger partial charge on any atom is -0.456 e. The number of thiophene rings is 1. The first-order valence-corrected chi connectivity index (χ1v) is 17.8. The summed E-state index contributed by atoms with van der Waals surface area (Å²) in [4.78, 5) is 15.8. The van der Waals surface area contributed by atoms with Crippen LogP contribution in [-0.4, -0.2) is 19.5 Å². The standard InChI is InChI=1S/C45H26N4OS/c1-2-12-28(13-3-1)49-35-19-7-4-15-30(35)41-32(17-10-20-36(41)49)44-46-43(27-24-25-40-34(26-27)29-14-6-9-23-39(29)51-40)47-45(48-44)33-18-11-22-38-42(33)31-16-5-8-21-37(31)50-38/h1-26H. The first-order valence-electron chi connectivity index (χ1n) is 16.9. The van der Waals surface area contributed by atoms with Crippen LogP contribution in [0.4, 0.5) is 0 Å². The fraction of sp³-hybridized carbons (Fsp3) is 0. The molecule has 7 aromatic carbocycles. The molecule has 4 heterocycles. The van der Waals surface area contributed by atoms with E-state index in [0.717, 1.165) is 66.1 Å². The number of para-hydroxylation sites is 3. The molecule has 0 aliphatic rings. The summed E-state index contributed by atoms with van der Waals surface area (Å²) in [6.45, 7) is 0. The number of nitrogens with zero attached hydrogens (tertiary/aromatic N) is 4. The molecular formula is C45H26N4OS. The second-order valence-electron chi connectivity index (χ2n) is 12.8. The van der Waals surface area contributed by atoms with E-state index >= 15 is 0 Å². The number of fused-ring (bicyclic) bond motifs is 9. The summed E-state index contributed by atoms with van der Waals surface area (Å²) in [5.74, 6) is 1.85. The van der Waals surface area contributed by atoms with E-state index in [0.29, 0.717) is 17.5 Å². The topological polar surface area (TPSA) is 56.7 Å². The van der Waals surface area contributed by atoms with Gasteiger partial charge < -0.3 is 8.98 Å². The molecule has 0 amide bonds. The summed E-state index contributed by atoms with van der Waals surface area (Å²) >= 11 is 1.81. The number of hydrogen-bond acceptors (Lipinski definition) is 5. The molecule has 0 fully saturated rings. The van der Waals surface area contributed by atoms with E-state index in [1.54, 1.807) is 11.3 Å². The Morgan fingerprint density at radius 3 is 1.92 bits per heavy atom. The summed E-state index contributed by atoms with van der Waals surface area (Å²) in [5, 5.41) is 6.71. The van der Waals surface area contributed by atoms with Gasteiger partial charge in [-0.05, 0) is 60.7 Å². The van der Waals surface area contributed by atoms with Crippen molar-refractivity contribution in [3.05, 3.63) is 158 Å². The zero-order valence-electron chi connectivity index (χ0n) is 27.1. The summed E-state index contributed by atoms with van der Waals surface area (Å²) in [5.41, 5.74) is 7.77. The maximum atomic E-state index is 6.30. The zero-order valence-corrected chi connectivity index (χ0v) is 27.9. The van der Waals surface area contributed by atoms with Crippen LogP contribution in [0, 0.1) is 0 Å². The van der Waals surface area contributed by atoms with Gasteiger partial charge in [-0.3, -0.25) is 0 Å². The van der Waals surface area contributed by atoms with Gasteiger partial charge in [0.15, 0.2) is 17.5 Å². The van der Waals surface area contributed by atoms with Crippen LogP contribution in [0.15, 0.2) is 162 Å². The van der Waals surface area contributed by atoms with Crippen molar-refractivity contribution in [3.63, 3.8) is 0 Å². The number of rotatable bonds is 4. The fourth-order valence-corrected chi connectivity index (χ4v) is 8.72. The molecule has 0 atom stereocenters. The summed E-state index contributed by atoms with van der Waals surface area (Å²) < 4.78 is 11.1. The van der Waals surface area contributed by atoms with Gasteiger partial charge in [-0.25, -0.2) is 15.0 Å². The van der Waals surface area contributed by atoms with E-state index in [-0.39, 0.29) is 0 Å². The number of aromatic nitrogens is 4. The smallest absolute Gasteiger partial charge is 0.164 e. The lowest BCUT2D eigenvalue weighted by atomic mass is 10.0. The second kappa shape index (κ2) is 10.9. The van der Waals surface area contributed by atoms with Crippen LogP contribution >= 0.6 is 11.3 Å². The van der Waals surface area contributed by atoms with Gasteiger partial charge in [0.1, 0.15) is 11.2 Å². The number of benzene rings is 7. The molecule has 0 aliphatic carbocycles. The van der Waals surface area contributed by atoms with Gasteiger partial charge in [0, 0.05) is 64.1 Å². The Labute approximate surface area is 295 Å². The lowest BCUT2D eigenvalue weighted by Gasteiger charge is -2.11. The highest BCUT2D eigenvalue weighted by molar-refractivity contribution is 7.25. The van der Waals surface area contributed by atoms with Crippen molar-refractivity contribution in [1.29, 1.82) is 0 Å². The molecule has 5 nitrogen and oxygen atoms in total. The average Bonchev–Trinajstić information content (AvgIpc) is 3.87. The molecular weight excluding hydrogens is 645 g/mol. The molecule has 238 valence electrons. The van der Waals surface area contributed by atoms with Crippen molar-refractivity contribution < 1.29 is 4.42 Å². The Morgan fingerprint density at radius 2 is 1.06 bits per heavy atom. The molecule has 0 bridgehead atoms. The third-order valence-electron chi connectivity index (χ3n) is 9.87. The summed E-state index contributed by atoms with van der Waals surface area (Å²) in [6.07, 6.45) is 0. The van der Waals surface area contributed by atoms with Gasteiger partial charge in [-0.15, -0.1) is 11.3 Å². The minimum absolute atomic E-state index is 0.603. The van der Waals surface area contributed by atoms with Crippen molar-refractivity contribution in [2.75, 3.05) is 0 Å². The highest BCUT2D eigenvalue weighted by Crippen LogP contribution is 2.41. The van der Waals surface area contributed by atoms with Crippen LogP contribution in [0.25, 0.3) is 104 Å². The van der Waals surface area contributed by atoms with Crippen molar-refractivity contribution in [2.45, 2.75) is 0 Å². The molecule has 4 aromatic heterocycles. The molecule has 0 radical (unpaired) electrons. The Balaban J connectivity index is 1.22. The molecule has 0 saturated heterocycles. The minimum atomic E-state index is 0.603. The molecule has 11 aromatic rings. The van der Waals surface area contributed by atoms with E-state index in [4.69, 9.17) is 19.4 Å². The van der Waals surface area contributed by atoms with E-state index in [9.17, 15) is 0 Å². The molecule has 0 aliphatic heterocycles. The maximum absolute atomic E-state index is 6.30. The monoisotopic (exact) mass is 670 g/mol. The molecule has 11 rings (SSSR count). The van der Waals surface area contributed by atoms with Crippen LogP contribution in [0.5, 0.6) is 0 Å². The van der Waals surface area contributed by atoms with Crippen LogP contribution in [0.1, 0.15) is 0 Å². The largest absolute Gasteiger partial charge is 0.456 e. The van der Waals surface area contributed by atoms with Crippen LogP contribution in [0.3, 0.4) is 0 Å². The lowest BCUT2D eigenvalue weighted by Crippen LogP contribution is -2.01. The summed E-state index contributed by atoms with van der Waals surface area (Å²) in [6, 6.07) is 54.9. The molecule has 51 heavy (non-hydrogen) atoms. The molecule has 6 heteroatoms.